The highest BCUT2D eigenvalue weighted by Crippen LogP contribution is 2.39. The van der Waals surface area contributed by atoms with Crippen molar-refractivity contribution in [2.45, 2.75) is 44.7 Å². The first kappa shape index (κ1) is 35.0. The second-order valence-corrected chi connectivity index (χ2v) is 12.3. The normalized spacial score (nSPS) is 14.9. The van der Waals surface area contributed by atoms with E-state index >= 15 is 0 Å². The number of sulfonamides is 1. The third kappa shape index (κ3) is 10.9. The fourth-order valence-electron chi connectivity index (χ4n) is 3.90. The molecule has 1 fully saturated rings. The number of non-ortho nitro benzene ring substituents is 1. The number of carbonyl (C=O) groups excluding carboxylic acids is 1. The predicted molar refractivity (Wildman–Crippen MR) is 161 cm³/mol. The average molecular weight is 676 g/mol. The first-order valence-corrected chi connectivity index (χ1v) is 15.7. The summed E-state index contributed by atoms with van der Waals surface area (Å²) in [6.45, 7) is 1.73. The van der Waals surface area contributed by atoms with E-state index in [9.17, 15) is 32.1 Å². The number of alkyl halides is 2. The zero-order chi connectivity index (χ0) is 32.4. The van der Waals surface area contributed by atoms with E-state index < -0.39 is 45.9 Å². The van der Waals surface area contributed by atoms with Crippen LogP contribution in [0.3, 0.4) is 0 Å². The summed E-state index contributed by atoms with van der Waals surface area (Å²) in [5.74, 6) is -1.42. The van der Waals surface area contributed by atoms with Crippen molar-refractivity contribution in [1.29, 1.82) is 0 Å². The lowest BCUT2D eigenvalue weighted by atomic mass is 9.99. The quantitative estimate of drug-likeness (QED) is 0.0829. The Morgan fingerprint density at radius 3 is 2.43 bits per heavy atom. The molecule has 44 heavy (non-hydrogen) atoms. The fourth-order valence-corrected chi connectivity index (χ4v) is 5.37. The Labute approximate surface area is 263 Å². The van der Waals surface area contributed by atoms with Crippen LogP contribution in [0.4, 0.5) is 14.5 Å². The molecule has 0 aliphatic heterocycles. The molecule has 1 aliphatic rings. The number of allylic oxidation sites excluding steroid dienone is 4. The van der Waals surface area contributed by atoms with Gasteiger partial charge in [0.15, 0.2) is 11.5 Å². The summed E-state index contributed by atoms with van der Waals surface area (Å²) in [5.41, 5.74) is 0.725. The van der Waals surface area contributed by atoms with Gasteiger partial charge in [-0.1, -0.05) is 60.1 Å². The molecule has 0 spiro atoms. The van der Waals surface area contributed by atoms with Gasteiger partial charge in [0.05, 0.1) is 17.3 Å². The number of nitrogens with one attached hydrogen (secondary N) is 1. The molecule has 0 saturated heterocycles. The Morgan fingerprint density at radius 1 is 1.18 bits per heavy atom. The van der Waals surface area contributed by atoms with Gasteiger partial charge in [0.25, 0.3) is 5.69 Å². The summed E-state index contributed by atoms with van der Waals surface area (Å²) < 4.78 is 69.5. The smallest absolute Gasteiger partial charge is 0.387 e. The van der Waals surface area contributed by atoms with E-state index in [0.29, 0.717) is 17.1 Å². The van der Waals surface area contributed by atoms with Gasteiger partial charge < -0.3 is 14.2 Å². The molecule has 0 heterocycles. The van der Waals surface area contributed by atoms with Crippen molar-refractivity contribution in [3.05, 3.63) is 98.1 Å². The number of esters is 1. The van der Waals surface area contributed by atoms with Gasteiger partial charge in [0, 0.05) is 28.6 Å². The van der Waals surface area contributed by atoms with Crippen molar-refractivity contribution >= 4 is 44.9 Å². The van der Waals surface area contributed by atoms with Gasteiger partial charge in [-0.3, -0.25) is 14.9 Å². The Balaban J connectivity index is 1.84. The number of benzene rings is 2. The standard InChI is InChI=1S/C29H30Cl2F2N2O8S/c1-3-23(30)22(24(31)4-2)14-26(20-9-12-25(43-29(32)33)27(13-20)41-16-18-5-6-18)42-28(36)15-34-44(39,40)17-19-7-10-21(11-8-19)35(37)38/h3-4,7-13,18,26,29,34H,1,5-6,14-17H2,2H3/b23-22+,24-4+/t26-/m0/s1. The Hall–Kier alpha value is -3.52. The second-order valence-electron chi connectivity index (χ2n) is 9.69. The van der Waals surface area contributed by atoms with Gasteiger partial charge in [-0.15, -0.1) is 0 Å². The number of hydrogen-bond acceptors (Lipinski definition) is 8. The molecule has 238 valence electrons. The van der Waals surface area contributed by atoms with Crippen LogP contribution in [0.5, 0.6) is 11.5 Å². The molecule has 10 nitrogen and oxygen atoms in total. The molecule has 0 aromatic heterocycles. The van der Waals surface area contributed by atoms with Gasteiger partial charge in [-0.25, -0.2) is 13.1 Å². The molecule has 0 amide bonds. The van der Waals surface area contributed by atoms with E-state index in [4.69, 9.17) is 32.7 Å². The van der Waals surface area contributed by atoms with Crippen LogP contribution in [0.1, 0.15) is 43.4 Å². The van der Waals surface area contributed by atoms with E-state index in [2.05, 4.69) is 16.0 Å². The monoisotopic (exact) mass is 674 g/mol. The second kappa shape index (κ2) is 16.0. The highest BCUT2D eigenvalue weighted by Gasteiger charge is 2.26. The lowest BCUT2D eigenvalue weighted by Crippen LogP contribution is -2.32. The van der Waals surface area contributed by atoms with Crippen molar-refractivity contribution in [2.24, 2.45) is 5.92 Å². The molecule has 0 unspecified atom stereocenters. The average Bonchev–Trinajstić information content (AvgIpc) is 3.81. The van der Waals surface area contributed by atoms with Crippen LogP contribution in [-0.4, -0.2) is 39.1 Å². The van der Waals surface area contributed by atoms with E-state index in [1.165, 1.54) is 48.5 Å². The summed E-state index contributed by atoms with van der Waals surface area (Å²) >= 11 is 12.7. The zero-order valence-electron chi connectivity index (χ0n) is 23.5. The summed E-state index contributed by atoms with van der Waals surface area (Å²) in [6.07, 6.45) is 3.59. The number of hydrogen-bond donors (Lipinski definition) is 1. The van der Waals surface area contributed by atoms with Gasteiger partial charge in [-0.05, 0) is 54.5 Å². The summed E-state index contributed by atoms with van der Waals surface area (Å²) in [5, 5.41) is 11.2. The van der Waals surface area contributed by atoms with Crippen LogP contribution in [0.25, 0.3) is 0 Å². The molecule has 2 aromatic carbocycles. The van der Waals surface area contributed by atoms with E-state index in [1.54, 1.807) is 13.0 Å². The summed E-state index contributed by atoms with van der Waals surface area (Å²) in [6, 6.07) is 8.98. The molecule has 0 radical (unpaired) electrons. The van der Waals surface area contributed by atoms with Gasteiger partial charge >= 0.3 is 12.6 Å². The van der Waals surface area contributed by atoms with Gasteiger partial charge in [0.1, 0.15) is 12.6 Å². The molecule has 0 bridgehead atoms. The number of nitro groups is 1. The Morgan fingerprint density at radius 2 is 1.86 bits per heavy atom. The first-order valence-electron chi connectivity index (χ1n) is 13.3. The van der Waals surface area contributed by atoms with Crippen molar-refractivity contribution < 1.29 is 41.1 Å². The molecule has 1 aliphatic carbocycles. The van der Waals surface area contributed by atoms with Crippen molar-refractivity contribution in [3.8, 4) is 11.5 Å². The largest absolute Gasteiger partial charge is 0.489 e. The van der Waals surface area contributed by atoms with E-state index in [-0.39, 0.29) is 45.8 Å². The number of nitro benzene ring substituents is 1. The molecule has 3 rings (SSSR count). The SMILES string of the molecule is C=C/C(Cl)=C(C[C@H](OC(=O)CNS(=O)(=O)Cc1ccc([N+](=O)[O-])cc1)c1ccc(OC(F)F)c(OCC2CC2)c1)\C(Cl)=C/C. The lowest BCUT2D eigenvalue weighted by molar-refractivity contribution is -0.384. The number of ether oxygens (including phenoxy) is 3. The van der Waals surface area contributed by atoms with Crippen molar-refractivity contribution in [1.82, 2.24) is 4.72 Å². The molecule has 1 N–H and O–H groups in total. The number of nitrogens with zero attached hydrogens (tertiary/aromatic N) is 1. The zero-order valence-corrected chi connectivity index (χ0v) is 25.8. The highest BCUT2D eigenvalue weighted by molar-refractivity contribution is 7.88. The number of rotatable bonds is 17. The minimum Gasteiger partial charge on any atom is -0.489 e. The topological polar surface area (TPSA) is 134 Å². The summed E-state index contributed by atoms with van der Waals surface area (Å²) in [7, 11) is -4.06. The molecular formula is C29H30Cl2F2N2O8S. The lowest BCUT2D eigenvalue weighted by Gasteiger charge is -2.22. The van der Waals surface area contributed by atoms with Crippen LogP contribution >= 0.6 is 23.2 Å². The van der Waals surface area contributed by atoms with Crippen LogP contribution in [0, 0.1) is 16.0 Å². The van der Waals surface area contributed by atoms with Crippen LogP contribution < -0.4 is 14.2 Å². The third-order valence-corrected chi connectivity index (χ3v) is 8.47. The van der Waals surface area contributed by atoms with Gasteiger partial charge in [0.2, 0.25) is 10.0 Å². The van der Waals surface area contributed by atoms with Crippen molar-refractivity contribution in [2.75, 3.05) is 13.2 Å². The van der Waals surface area contributed by atoms with Crippen molar-refractivity contribution in [3.63, 3.8) is 0 Å². The maximum atomic E-state index is 13.1. The fraction of sp³-hybridized carbons (Fsp3) is 0.345. The predicted octanol–water partition coefficient (Wildman–Crippen LogP) is 6.90. The molecule has 2 aromatic rings. The summed E-state index contributed by atoms with van der Waals surface area (Å²) in [4.78, 5) is 23.2. The maximum Gasteiger partial charge on any atom is 0.387 e. The van der Waals surface area contributed by atoms with Crippen LogP contribution in [-0.2, 0) is 25.3 Å². The number of halogens is 4. The first-order chi connectivity index (χ1) is 20.8. The maximum absolute atomic E-state index is 13.1. The van der Waals surface area contributed by atoms with E-state index in [0.717, 1.165) is 12.8 Å². The Bertz CT molecular complexity index is 1530. The minimum atomic E-state index is -4.06. The highest BCUT2D eigenvalue weighted by atomic mass is 35.5. The van der Waals surface area contributed by atoms with Crippen LogP contribution in [0.2, 0.25) is 0 Å². The Kier molecular flexibility index (Phi) is 12.7. The van der Waals surface area contributed by atoms with Gasteiger partial charge in [-0.2, -0.15) is 8.78 Å². The van der Waals surface area contributed by atoms with Crippen LogP contribution in [0.15, 0.2) is 76.8 Å². The minimum absolute atomic E-state index is 0.0111. The third-order valence-electron chi connectivity index (χ3n) is 6.34. The molecule has 1 atom stereocenters. The number of carbonyl (C=O) groups is 1. The molecular weight excluding hydrogens is 645 g/mol. The molecule has 1 saturated carbocycles. The molecule has 15 heteroatoms. The van der Waals surface area contributed by atoms with E-state index in [1.807, 2.05) is 0 Å².